The molecule has 0 bridgehead atoms. The Bertz CT molecular complexity index is 494. The van der Waals surface area contributed by atoms with Crippen LogP contribution in [-0.4, -0.2) is 27.1 Å². The van der Waals surface area contributed by atoms with Crippen molar-refractivity contribution in [3.63, 3.8) is 0 Å². The first-order valence-corrected chi connectivity index (χ1v) is 7.08. The van der Waals surface area contributed by atoms with Crippen molar-refractivity contribution in [3.8, 4) is 0 Å². The van der Waals surface area contributed by atoms with Crippen LogP contribution >= 0.6 is 0 Å². The topological polar surface area (TPSA) is 69.4 Å². The minimum Gasteiger partial charge on any atom is -0.411 e. The molecule has 0 aromatic heterocycles. The average Bonchev–Trinajstić information content (AvgIpc) is 2.36. The fourth-order valence-electron chi connectivity index (χ4n) is 3.68. The number of aliphatic hydroxyl groups excluding tert-OH is 1. The molecule has 1 fully saturated rings. The van der Waals surface area contributed by atoms with Crippen LogP contribution in [0.2, 0.25) is 0 Å². The number of nitrogens with zero attached hydrogens (tertiary/aromatic N) is 1. The van der Waals surface area contributed by atoms with Gasteiger partial charge in [-0.25, -0.2) is 0 Å². The van der Waals surface area contributed by atoms with Crippen LogP contribution in [0.3, 0.4) is 0 Å². The summed E-state index contributed by atoms with van der Waals surface area (Å²) in [6.45, 7) is 8.45. The number of hydrogen-bond acceptors (Lipinski definition) is 3. The number of aliphatic hydroxyl groups is 1. The van der Waals surface area contributed by atoms with Crippen molar-refractivity contribution in [1.82, 2.24) is 0 Å². The average molecular weight is 277 g/mol. The second-order valence-corrected chi connectivity index (χ2v) is 7.06. The van der Waals surface area contributed by atoms with Crippen LogP contribution < -0.4 is 5.32 Å². The van der Waals surface area contributed by atoms with Gasteiger partial charge in [-0.1, -0.05) is 35.5 Å². The van der Waals surface area contributed by atoms with Gasteiger partial charge in [-0.15, -0.1) is 0 Å². The summed E-state index contributed by atoms with van der Waals surface area (Å²) in [5.74, 6) is -0.206. The fraction of sp³-hybridized carbons (Fsp3) is 0.562. The number of benzene rings is 1. The number of hydrogen-bond donors (Lipinski definition) is 3. The van der Waals surface area contributed by atoms with Gasteiger partial charge in [0.15, 0.2) is 0 Å². The SMILES string of the molecule is CC1(C)C/C(=N/O)[C@H]([C@@H](O)c2ccccc2)C(C)(C)[NH2+]1. The van der Waals surface area contributed by atoms with Gasteiger partial charge in [-0.05, 0) is 33.3 Å². The number of quaternary nitrogens is 1. The minimum atomic E-state index is -0.663. The van der Waals surface area contributed by atoms with Crippen molar-refractivity contribution in [3.05, 3.63) is 35.9 Å². The molecule has 0 amide bonds. The summed E-state index contributed by atoms with van der Waals surface area (Å²) in [5.41, 5.74) is 1.27. The lowest BCUT2D eigenvalue weighted by atomic mass is 9.69. The van der Waals surface area contributed by atoms with E-state index in [4.69, 9.17) is 0 Å². The van der Waals surface area contributed by atoms with Gasteiger partial charge in [0.2, 0.25) is 0 Å². The summed E-state index contributed by atoms with van der Waals surface area (Å²) in [4.78, 5) is 0. The molecule has 1 aromatic rings. The Labute approximate surface area is 120 Å². The van der Waals surface area contributed by atoms with E-state index >= 15 is 0 Å². The summed E-state index contributed by atoms with van der Waals surface area (Å²) >= 11 is 0. The summed E-state index contributed by atoms with van der Waals surface area (Å²) < 4.78 is 0. The molecule has 110 valence electrons. The zero-order chi connectivity index (χ0) is 15.0. The van der Waals surface area contributed by atoms with Gasteiger partial charge in [-0.3, -0.25) is 0 Å². The standard InChI is InChI=1S/C16H24N2O2/c1-15(2)10-12(17-20)13(16(3,4)18-15)14(19)11-8-6-5-7-9-11/h5-9,13-14,18-20H,10H2,1-4H3/p+1/b17-12-/t13-,14+/m1/s1. The van der Waals surface area contributed by atoms with E-state index in [2.05, 4.69) is 38.2 Å². The third-order valence-corrected chi connectivity index (χ3v) is 4.15. The maximum atomic E-state index is 10.7. The largest absolute Gasteiger partial charge is 0.411 e. The highest BCUT2D eigenvalue weighted by molar-refractivity contribution is 5.89. The highest BCUT2D eigenvalue weighted by Crippen LogP contribution is 2.35. The molecule has 0 aliphatic carbocycles. The lowest BCUT2D eigenvalue weighted by molar-refractivity contribution is -0.787. The first kappa shape index (κ1) is 15.0. The molecule has 0 unspecified atom stereocenters. The van der Waals surface area contributed by atoms with Gasteiger partial charge >= 0.3 is 0 Å². The smallest absolute Gasteiger partial charge is 0.102 e. The van der Waals surface area contributed by atoms with E-state index < -0.39 is 6.10 Å². The fourth-order valence-corrected chi connectivity index (χ4v) is 3.68. The molecule has 4 heteroatoms. The predicted molar refractivity (Wildman–Crippen MR) is 78.8 cm³/mol. The van der Waals surface area contributed by atoms with Crippen molar-refractivity contribution in [2.75, 3.05) is 0 Å². The van der Waals surface area contributed by atoms with Gasteiger partial charge in [0, 0.05) is 6.42 Å². The molecular formula is C16H25N2O2+. The molecule has 0 radical (unpaired) electrons. The van der Waals surface area contributed by atoms with Crippen LogP contribution in [0.1, 0.15) is 45.8 Å². The molecule has 0 saturated carbocycles. The Morgan fingerprint density at radius 3 is 2.35 bits per heavy atom. The van der Waals surface area contributed by atoms with Crippen LogP contribution in [0.25, 0.3) is 0 Å². The van der Waals surface area contributed by atoms with Crippen molar-refractivity contribution >= 4 is 5.71 Å². The van der Waals surface area contributed by atoms with Gasteiger partial charge in [0.05, 0.1) is 23.3 Å². The second kappa shape index (κ2) is 5.19. The van der Waals surface area contributed by atoms with E-state index in [1.165, 1.54) is 0 Å². The third-order valence-electron chi connectivity index (χ3n) is 4.15. The zero-order valence-electron chi connectivity index (χ0n) is 12.7. The van der Waals surface area contributed by atoms with Crippen molar-refractivity contribution in [2.45, 2.75) is 51.3 Å². The Morgan fingerprint density at radius 1 is 1.20 bits per heavy atom. The monoisotopic (exact) mass is 277 g/mol. The van der Waals surface area contributed by atoms with E-state index in [1.54, 1.807) is 0 Å². The molecule has 20 heavy (non-hydrogen) atoms. The Morgan fingerprint density at radius 2 is 1.80 bits per heavy atom. The summed E-state index contributed by atoms with van der Waals surface area (Å²) in [5, 5.41) is 25.9. The van der Waals surface area contributed by atoms with E-state index in [-0.39, 0.29) is 17.0 Å². The molecule has 1 aromatic carbocycles. The van der Waals surface area contributed by atoms with Gasteiger partial charge in [0.25, 0.3) is 0 Å². The minimum absolute atomic E-state index is 0.0298. The predicted octanol–water partition coefficient (Wildman–Crippen LogP) is 1.69. The summed E-state index contributed by atoms with van der Waals surface area (Å²) in [6, 6.07) is 9.58. The molecule has 4 N–H and O–H groups in total. The van der Waals surface area contributed by atoms with E-state index in [1.807, 2.05) is 30.3 Å². The van der Waals surface area contributed by atoms with Crippen molar-refractivity contribution < 1.29 is 15.6 Å². The number of piperidine rings is 1. The lowest BCUT2D eigenvalue weighted by Crippen LogP contribution is -3.07. The molecule has 2 rings (SSSR count). The maximum Gasteiger partial charge on any atom is 0.102 e. The summed E-state index contributed by atoms with van der Waals surface area (Å²) in [7, 11) is 0. The van der Waals surface area contributed by atoms with Crippen LogP contribution in [0, 0.1) is 5.92 Å². The number of nitrogens with two attached hydrogens (primary N) is 1. The number of rotatable bonds is 2. The molecule has 1 heterocycles. The number of oxime groups is 1. The van der Waals surface area contributed by atoms with Crippen LogP contribution in [0.5, 0.6) is 0 Å². The first-order chi connectivity index (χ1) is 9.27. The second-order valence-electron chi connectivity index (χ2n) is 7.06. The van der Waals surface area contributed by atoms with E-state index in [0.29, 0.717) is 12.1 Å². The third kappa shape index (κ3) is 2.86. The molecule has 1 aliphatic heterocycles. The molecule has 0 spiro atoms. The Balaban J connectivity index is 2.38. The van der Waals surface area contributed by atoms with Gasteiger partial charge in [-0.2, -0.15) is 0 Å². The van der Waals surface area contributed by atoms with Gasteiger partial charge < -0.3 is 15.6 Å². The molecule has 1 aliphatic rings. The summed E-state index contributed by atoms with van der Waals surface area (Å²) in [6.07, 6.45) is 0.00560. The Hall–Kier alpha value is -1.39. The van der Waals surface area contributed by atoms with Crippen molar-refractivity contribution in [1.29, 1.82) is 0 Å². The van der Waals surface area contributed by atoms with Crippen LogP contribution in [0.4, 0.5) is 0 Å². The molecule has 4 nitrogen and oxygen atoms in total. The first-order valence-electron chi connectivity index (χ1n) is 7.08. The van der Waals surface area contributed by atoms with Crippen LogP contribution in [-0.2, 0) is 0 Å². The quantitative estimate of drug-likeness (QED) is 0.569. The maximum absolute atomic E-state index is 10.7. The normalized spacial score (nSPS) is 28.2. The van der Waals surface area contributed by atoms with Crippen LogP contribution in [0.15, 0.2) is 35.5 Å². The lowest BCUT2D eigenvalue weighted by Gasteiger charge is -2.46. The highest BCUT2D eigenvalue weighted by atomic mass is 16.4. The highest BCUT2D eigenvalue weighted by Gasteiger charge is 2.51. The van der Waals surface area contributed by atoms with E-state index in [9.17, 15) is 10.3 Å². The van der Waals surface area contributed by atoms with Gasteiger partial charge in [0.1, 0.15) is 5.54 Å². The molecular weight excluding hydrogens is 252 g/mol. The molecule has 1 saturated heterocycles. The van der Waals surface area contributed by atoms with E-state index in [0.717, 1.165) is 5.56 Å². The van der Waals surface area contributed by atoms with Crippen molar-refractivity contribution in [2.24, 2.45) is 11.1 Å². The Kier molecular flexibility index (Phi) is 3.89. The molecule has 2 atom stereocenters. The zero-order valence-corrected chi connectivity index (χ0v) is 12.7.